The number of hydroxylamine groups is 1. The van der Waals surface area contributed by atoms with Gasteiger partial charge in [0, 0.05) is 4.47 Å². The van der Waals surface area contributed by atoms with Gasteiger partial charge >= 0.3 is 0 Å². The van der Waals surface area contributed by atoms with Crippen molar-refractivity contribution >= 4 is 28.3 Å². The van der Waals surface area contributed by atoms with E-state index in [1.807, 2.05) is 0 Å². The molecule has 2 nitrogen and oxygen atoms in total. The number of rotatable bonds is 1. The van der Waals surface area contributed by atoms with E-state index in [4.69, 9.17) is 4.84 Å². The van der Waals surface area contributed by atoms with Crippen LogP contribution in [0.4, 0.5) is 0 Å². The molecule has 1 heterocycles. The Kier molecular flexibility index (Phi) is 3.36. The Labute approximate surface area is 104 Å². The molecule has 1 aliphatic heterocycles. The van der Waals surface area contributed by atoms with E-state index in [-0.39, 0.29) is 12.4 Å². The molecule has 1 atom stereocenters. The molecule has 0 radical (unpaired) electrons. The maximum absolute atomic E-state index is 5.02. The molecule has 0 spiro atoms. The first-order valence-electron chi connectivity index (χ1n) is 5.04. The Balaban J connectivity index is 0.000000853. The third kappa shape index (κ3) is 1.82. The zero-order valence-corrected chi connectivity index (χ0v) is 10.7. The molecule has 3 rings (SSSR count). The van der Waals surface area contributed by atoms with Gasteiger partial charge in [0.15, 0.2) is 0 Å². The molecule has 1 unspecified atom stereocenters. The van der Waals surface area contributed by atoms with E-state index in [0.717, 1.165) is 6.61 Å². The van der Waals surface area contributed by atoms with E-state index >= 15 is 0 Å². The second-order valence-corrected chi connectivity index (χ2v) is 4.78. The number of nitrogens with one attached hydrogen (secondary N) is 1. The summed E-state index contributed by atoms with van der Waals surface area (Å²) >= 11 is 3.62. The van der Waals surface area contributed by atoms with Crippen LogP contribution in [-0.2, 0) is 17.7 Å². The molecule has 0 aromatic heterocycles. The van der Waals surface area contributed by atoms with E-state index in [1.165, 1.54) is 34.9 Å². The first-order valence-corrected chi connectivity index (χ1v) is 5.83. The molecule has 1 saturated heterocycles. The van der Waals surface area contributed by atoms with Crippen LogP contribution < -0.4 is 5.48 Å². The lowest BCUT2D eigenvalue weighted by Crippen LogP contribution is -2.38. The minimum Gasteiger partial charge on any atom is -0.299 e. The van der Waals surface area contributed by atoms with Crippen LogP contribution in [0.1, 0.15) is 29.2 Å². The monoisotopic (exact) mass is 289 g/mol. The zero-order chi connectivity index (χ0) is 9.54. The van der Waals surface area contributed by atoms with Crippen LogP contribution in [0.5, 0.6) is 0 Å². The van der Waals surface area contributed by atoms with Gasteiger partial charge in [0.25, 0.3) is 0 Å². The lowest BCUT2D eigenvalue weighted by molar-refractivity contribution is -0.1000. The number of hydrogen-bond acceptors (Lipinski definition) is 2. The second-order valence-electron chi connectivity index (χ2n) is 3.93. The Hall–Kier alpha value is -0.0900. The summed E-state index contributed by atoms with van der Waals surface area (Å²) < 4.78 is 1.27. The summed E-state index contributed by atoms with van der Waals surface area (Å²) in [6.07, 6.45) is 3.73. The number of benzene rings is 1. The fraction of sp³-hybridized carbons (Fsp3) is 0.455. The van der Waals surface area contributed by atoms with Gasteiger partial charge in [0.05, 0.1) is 12.6 Å². The summed E-state index contributed by atoms with van der Waals surface area (Å²) in [7, 11) is 0. The van der Waals surface area contributed by atoms with Crippen LogP contribution in [0.2, 0.25) is 0 Å². The summed E-state index contributed by atoms with van der Waals surface area (Å²) in [5, 5.41) is 0. The van der Waals surface area contributed by atoms with Crippen LogP contribution in [-0.4, -0.2) is 6.61 Å². The Morgan fingerprint density at radius 1 is 1.27 bits per heavy atom. The maximum Gasteiger partial charge on any atom is 0.0900 e. The number of halogens is 2. The molecule has 1 aliphatic carbocycles. The largest absolute Gasteiger partial charge is 0.299 e. The maximum atomic E-state index is 5.02. The highest BCUT2D eigenvalue weighted by molar-refractivity contribution is 9.10. The molecular formula is C11H13BrClNO. The van der Waals surface area contributed by atoms with Crippen molar-refractivity contribution in [2.24, 2.45) is 0 Å². The van der Waals surface area contributed by atoms with Crippen LogP contribution in [0.25, 0.3) is 0 Å². The van der Waals surface area contributed by atoms with Gasteiger partial charge in [-0.05, 0) is 42.0 Å². The minimum atomic E-state index is 0. The predicted octanol–water partition coefficient (Wildman–Crippen LogP) is 2.94. The predicted molar refractivity (Wildman–Crippen MR) is 65.2 cm³/mol. The molecule has 2 aliphatic rings. The smallest absolute Gasteiger partial charge is 0.0900 e. The van der Waals surface area contributed by atoms with Crippen LogP contribution in [0, 0.1) is 0 Å². The normalized spacial score (nSPS) is 22.9. The van der Waals surface area contributed by atoms with Gasteiger partial charge in [0.2, 0.25) is 0 Å². The van der Waals surface area contributed by atoms with Crippen LogP contribution >= 0.6 is 28.3 Å². The molecule has 1 aromatic carbocycles. The number of fused-ring (bicyclic) bond motifs is 1. The minimum absolute atomic E-state index is 0. The molecule has 0 bridgehead atoms. The van der Waals surface area contributed by atoms with E-state index in [0.29, 0.717) is 6.04 Å². The second kappa shape index (κ2) is 4.42. The van der Waals surface area contributed by atoms with Crippen molar-refractivity contribution in [2.75, 3.05) is 6.61 Å². The van der Waals surface area contributed by atoms with Gasteiger partial charge in [-0.1, -0.05) is 22.0 Å². The molecule has 1 aromatic rings. The van der Waals surface area contributed by atoms with E-state index in [1.54, 1.807) is 5.56 Å². The van der Waals surface area contributed by atoms with Crippen LogP contribution in [0.15, 0.2) is 16.6 Å². The average molecular weight is 291 g/mol. The highest BCUT2D eigenvalue weighted by atomic mass is 79.9. The fourth-order valence-corrected chi connectivity index (χ4v) is 2.91. The standard InChI is InChI=1S/C11H12BrNO.ClH/c12-10-5-4-9(11-6-14-13-11)7-2-1-3-8(7)10;/h4-5,11,13H,1-3,6H2;1H. The third-order valence-electron chi connectivity index (χ3n) is 3.11. The lowest BCUT2D eigenvalue weighted by Gasteiger charge is -2.29. The van der Waals surface area contributed by atoms with Crippen LogP contribution in [0.3, 0.4) is 0 Å². The summed E-state index contributed by atoms with van der Waals surface area (Å²) in [5.41, 5.74) is 7.48. The first kappa shape index (κ1) is 11.4. The van der Waals surface area contributed by atoms with Gasteiger partial charge in [0.1, 0.15) is 0 Å². The van der Waals surface area contributed by atoms with Gasteiger partial charge in [-0.25, -0.2) is 0 Å². The van der Waals surface area contributed by atoms with Gasteiger partial charge in [-0.3, -0.25) is 4.84 Å². The molecule has 0 saturated carbocycles. The van der Waals surface area contributed by atoms with Gasteiger partial charge in [-0.2, -0.15) is 5.48 Å². The van der Waals surface area contributed by atoms with Crippen molar-refractivity contribution in [1.82, 2.24) is 5.48 Å². The summed E-state index contributed by atoms with van der Waals surface area (Å²) in [4.78, 5) is 5.02. The lowest BCUT2D eigenvalue weighted by atomic mass is 9.97. The van der Waals surface area contributed by atoms with Crippen molar-refractivity contribution in [3.8, 4) is 0 Å². The van der Waals surface area contributed by atoms with Gasteiger partial charge in [-0.15, -0.1) is 12.4 Å². The van der Waals surface area contributed by atoms with Crippen molar-refractivity contribution in [1.29, 1.82) is 0 Å². The van der Waals surface area contributed by atoms with E-state index in [9.17, 15) is 0 Å². The van der Waals surface area contributed by atoms with Crippen molar-refractivity contribution < 1.29 is 4.84 Å². The summed E-state index contributed by atoms with van der Waals surface area (Å²) in [5.74, 6) is 0. The molecule has 15 heavy (non-hydrogen) atoms. The van der Waals surface area contributed by atoms with E-state index < -0.39 is 0 Å². The Morgan fingerprint density at radius 3 is 2.67 bits per heavy atom. The highest BCUT2D eigenvalue weighted by Crippen LogP contribution is 2.35. The molecule has 0 amide bonds. The summed E-state index contributed by atoms with van der Waals surface area (Å²) in [6.45, 7) is 0.814. The van der Waals surface area contributed by atoms with Gasteiger partial charge < -0.3 is 0 Å². The fourth-order valence-electron chi connectivity index (χ4n) is 2.34. The highest BCUT2D eigenvalue weighted by Gasteiger charge is 2.26. The Morgan fingerprint density at radius 2 is 2.00 bits per heavy atom. The average Bonchev–Trinajstić information content (AvgIpc) is 2.55. The zero-order valence-electron chi connectivity index (χ0n) is 8.25. The van der Waals surface area contributed by atoms with E-state index in [2.05, 4.69) is 33.5 Å². The Bertz CT molecular complexity index is 379. The third-order valence-corrected chi connectivity index (χ3v) is 3.86. The molecule has 82 valence electrons. The molecular weight excluding hydrogens is 277 g/mol. The van der Waals surface area contributed by atoms with Crippen molar-refractivity contribution in [3.05, 3.63) is 33.3 Å². The van der Waals surface area contributed by atoms with Crippen molar-refractivity contribution in [2.45, 2.75) is 25.3 Å². The topological polar surface area (TPSA) is 21.3 Å². The van der Waals surface area contributed by atoms with Crippen molar-refractivity contribution in [3.63, 3.8) is 0 Å². The number of hydrogen-bond donors (Lipinski definition) is 1. The molecule has 1 N–H and O–H groups in total. The first-order chi connectivity index (χ1) is 6.86. The molecule has 4 heteroatoms. The SMILES string of the molecule is Brc1ccc(C2CON2)c2c1CCC2.Cl. The summed E-state index contributed by atoms with van der Waals surface area (Å²) in [6, 6.07) is 4.81. The quantitative estimate of drug-likeness (QED) is 0.859. The molecule has 1 fully saturated rings.